The van der Waals surface area contributed by atoms with Crippen molar-refractivity contribution >= 4 is 11.8 Å². The Morgan fingerprint density at radius 2 is 1.84 bits per heavy atom. The minimum atomic E-state index is 0.0117. The number of furan rings is 1. The van der Waals surface area contributed by atoms with Crippen LogP contribution in [0.5, 0.6) is 5.75 Å². The number of ether oxygens (including phenoxy) is 1. The van der Waals surface area contributed by atoms with Crippen LogP contribution in [0.3, 0.4) is 0 Å². The average molecular weight is 277 g/mol. The van der Waals surface area contributed by atoms with Gasteiger partial charge in [-0.2, -0.15) is 0 Å². The molecule has 2 N–H and O–H groups in total. The first-order chi connectivity index (χ1) is 9.10. The van der Waals surface area contributed by atoms with Gasteiger partial charge in [-0.05, 0) is 50.2 Å². The van der Waals surface area contributed by atoms with E-state index in [2.05, 4.69) is 0 Å². The summed E-state index contributed by atoms with van der Waals surface area (Å²) >= 11 is 1.71. The van der Waals surface area contributed by atoms with Gasteiger partial charge in [0.1, 0.15) is 17.3 Å². The normalized spacial score (nSPS) is 14.1. The van der Waals surface area contributed by atoms with Crippen LogP contribution in [0.2, 0.25) is 0 Å². The molecular weight excluding hydrogens is 258 g/mol. The van der Waals surface area contributed by atoms with Crippen molar-refractivity contribution in [2.24, 2.45) is 5.73 Å². The molecule has 3 nitrogen and oxygen atoms in total. The van der Waals surface area contributed by atoms with Gasteiger partial charge in [-0.1, -0.05) is 0 Å². The number of hydrogen-bond donors (Lipinski definition) is 1. The van der Waals surface area contributed by atoms with Gasteiger partial charge in [0.05, 0.1) is 12.4 Å². The van der Waals surface area contributed by atoms with E-state index in [1.807, 2.05) is 50.2 Å². The number of benzene rings is 1. The molecule has 0 amide bonds. The number of methoxy groups -OCH3 is 1. The van der Waals surface area contributed by atoms with E-state index in [-0.39, 0.29) is 11.3 Å². The van der Waals surface area contributed by atoms with Crippen LogP contribution in [0, 0.1) is 6.92 Å². The van der Waals surface area contributed by atoms with Crippen molar-refractivity contribution in [2.75, 3.05) is 7.11 Å². The number of aryl methyl sites for hydroxylation is 1. The summed E-state index contributed by atoms with van der Waals surface area (Å²) in [5.74, 6) is 2.69. The van der Waals surface area contributed by atoms with Gasteiger partial charge in [0.2, 0.25) is 0 Å². The van der Waals surface area contributed by atoms with E-state index in [9.17, 15) is 0 Å². The molecule has 19 heavy (non-hydrogen) atoms. The smallest absolute Gasteiger partial charge is 0.119 e. The Balaban J connectivity index is 2.16. The highest BCUT2D eigenvalue weighted by Crippen LogP contribution is 2.38. The lowest BCUT2D eigenvalue weighted by Crippen LogP contribution is -2.22. The standard InChI is InChI=1S/C15H19NO2S/c1-10-4-9-14(18-10)15(11(2)16)19-13-7-5-12(17-3)6-8-13/h4-9,11,15H,16H2,1-3H3. The van der Waals surface area contributed by atoms with Crippen LogP contribution in [-0.2, 0) is 0 Å². The minimum absolute atomic E-state index is 0.0117. The summed E-state index contributed by atoms with van der Waals surface area (Å²) in [5, 5.41) is 0.113. The molecule has 0 aliphatic heterocycles. The van der Waals surface area contributed by atoms with Crippen LogP contribution >= 0.6 is 11.8 Å². The maximum Gasteiger partial charge on any atom is 0.119 e. The molecule has 2 atom stereocenters. The SMILES string of the molecule is COc1ccc(SC(c2ccc(C)o2)C(C)N)cc1. The Labute approximate surface area is 118 Å². The number of rotatable bonds is 5. The van der Waals surface area contributed by atoms with Crippen LogP contribution in [-0.4, -0.2) is 13.2 Å². The molecule has 0 spiro atoms. The largest absolute Gasteiger partial charge is 0.497 e. The lowest BCUT2D eigenvalue weighted by molar-refractivity contribution is 0.414. The molecule has 0 saturated heterocycles. The molecule has 0 aliphatic rings. The molecule has 0 radical (unpaired) electrons. The van der Waals surface area contributed by atoms with Crippen LogP contribution in [0.1, 0.15) is 23.7 Å². The summed E-state index contributed by atoms with van der Waals surface area (Å²) in [6, 6.07) is 12.0. The lowest BCUT2D eigenvalue weighted by atomic mass is 10.2. The summed E-state index contributed by atoms with van der Waals surface area (Å²) < 4.78 is 10.9. The summed E-state index contributed by atoms with van der Waals surface area (Å²) in [7, 11) is 1.67. The Kier molecular flexibility index (Phi) is 4.56. The fraction of sp³-hybridized carbons (Fsp3) is 0.333. The summed E-state index contributed by atoms with van der Waals surface area (Å²) in [5.41, 5.74) is 6.08. The van der Waals surface area contributed by atoms with Crippen LogP contribution in [0.4, 0.5) is 0 Å². The van der Waals surface area contributed by atoms with Gasteiger partial charge in [-0.3, -0.25) is 0 Å². The molecule has 0 fully saturated rings. The third-order valence-electron chi connectivity index (χ3n) is 2.84. The number of thioether (sulfide) groups is 1. The first-order valence-electron chi connectivity index (χ1n) is 6.23. The van der Waals surface area contributed by atoms with Gasteiger partial charge in [0, 0.05) is 10.9 Å². The lowest BCUT2D eigenvalue weighted by Gasteiger charge is -2.18. The molecule has 1 aromatic heterocycles. The zero-order valence-electron chi connectivity index (χ0n) is 11.4. The molecule has 2 aromatic rings. The Morgan fingerprint density at radius 1 is 1.16 bits per heavy atom. The zero-order chi connectivity index (χ0) is 13.8. The van der Waals surface area contributed by atoms with E-state index in [0.717, 1.165) is 22.2 Å². The van der Waals surface area contributed by atoms with Crippen molar-refractivity contribution in [1.29, 1.82) is 0 Å². The van der Waals surface area contributed by atoms with Gasteiger partial charge >= 0.3 is 0 Å². The van der Waals surface area contributed by atoms with Crippen LogP contribution in [0.15, 0.2) is 45.7 Å². The van der Waals surface area contributed by atoms with Gasteiger partial charge in [-0.25, -0.2) is 0 Å². The minimum Gasteiger partial charge on any atom is -0.497 e. The van der Waals surface area contributed by atoms with Crippen molar-refractivity contribution in [3.63, 3.8) is 0 Å². The van der Waals surface area contributed by atoms with E-state index in [4.69, 9.17) is 14.9 Å². The molecule has 0 saturated carbocycles. The molecule has 1 heterocycles. The predicted molar refractivity (Wildman–Crippen MR) is 78.7 cm³/mol. The quantitative estimate of drug-likeness (QED) is 0.845. The maximum atomic E-state index is 6.08. The first kappa shape index (κ1) is 14.0. The summed E-state index contributed by atoms with van der Waals surface area (Å²) in [6.45, 7) is 3.94. The highest BCUT2D eigenvalue weighted by Gasteiger charge is 2.21. The van der Waals surface area contributed by atoms with Gasteiger partial charge < -0.3 is 14.9 Å². The second-order valence-corrected chi connectivity index (χ2v) is 5.74. The van der Waals surface area contributed by atoms with E-state index < -0.39 is 0 Å². The molecular formula is C15H19NO2S. The summed E-state index contributed by atoms with van der Waals surface area (Å²) in [4.78, 5) is 1.15. The molecule has 1 aromatic carbocycles. The topological polar surface area (TPSA) is 48.4 Å². The molecule has 0 bridgehead atoms. The van der Waals surface area contributed by atoms with Gasteiger partial charge in [0.15, 0.2) is 0 Å². The van der Waals surface area contributed by atoms with Crippen LogP contribution in [0.25, 0.3) is 0 Å². The molecule has 102 valence electrons. The second kappa shape index (κ2) is 6.17. The van der Waals surface area contributed by atoms with Crippen molar-refractivity contribution < 1.29 is 9.15 Å². The Bertz CT molecular complexity index is 519. The average Bonchev–Trinajstić information content (AvgIpc) is 2.82. The molecule has 2 unspecified atom stereocenters. The maximum absolute atomic E-state index is 6.08. The second-order valence-electron chi connectivity index (χ2n) is 4.52. The van der Waals surface area contributed by atoms with E-state index in [0.29, 0.717) is 0 Å². The number of hydrogen-bond acceptors (Lipinski definition) is 4. The van der Waals surface area contributed by atoms with Crippen molar-refractivity contribution in [1.82, 2.24) is 0 Å². The fourth-order valence-electron chi connectivity index (χ4n) is 1.83. The van der Waals surface area contributed by atoms with Crippen molar-refractivity contribution in [3.8, 4) is 5.75 Å². The van der Waals surface area contributed by atoms with E-state index >= 15 is 0 Å². The highest BCUT2D eigenvalue weighted by atomic mass is 32.2. The monoisotopic (exact) mass is 277 g/mol. The first-order valence-corrected chi connectivity index (χ1v) is 7.10. The third kappa shape index (κ3) is 3.55. The zero-order valence-corrected chi connectivity index (χ0v) is 12.2. The predicted octanol–water partition coefficient (Wildman–Crippen LogP) is 3.78. The van der Waals surface area contributed by atoms with E-state index in [1.54, 1.807) is 18.9 Å². The van der Waals surface area contributed by atoms with E-state index in [1.165, 1.54) is 0 Å². The highest BCUT2D eigenvalue weighted by molar-refractivity contribution is 7.99. The molecule has 2 rings (SSSR count). The fourth-order valence-corrected chi connectivity index (χ4v) is 2.88. The summed E-state index contributed by atoms with van der Waals surface area (Å²) in [6.07, 6.45) is 0. The molecule has 0 aliphatic carbocycles. The third-order valence-corrected chi connectivity index (χ3v) is 4.30. The van der Waals surface area contributed by atoms with Gasteiger partial charge in [-0.15, -0.1) is 11.8 Å². The van der Waals surface area contributed by atoms with Crippen LogP contribution < -0.4 is 10.5 Å². The Hall–Kier alpha value is -1.39. The van der Waals surface area contributed by atoms with Crippen molar-refractivity contribution in [3.05, 3.63) is 47.9 Å². The number of nitrogens with two attached hydrogens (primary N) is 1. The molecule has 4 heteroatoms. The van der Waals surface area contributed by atoms with Crippen molar-refractivity contribution in [2.45, 2.75) is 30.0 Å². The Morgan fingerprint density at radius 3 is 2.32 bits per heavy atom. The van der Waals surface area contributed by atoms with Gasteiger partial charge in [0.25, 0.3) is 0 Å².